The Morgan fingerprint density at radius 3 is 1.07 bits per heavy atom. The van der Waals surface area contributed by atoms with Gasteiger partial charge in [-0.15, -0.1) is 0 Å². The van der Waals surface area contributed by atoms with Gasteiger partial charge in [0.05, 0.1) is 0 Å². The molecule has 0 fully saturated rings. The first-order valence-electron chi connectivity index (χ1n) is 4.81. The molecule has 3 aromatic rings. The van der Waals surface area contributed by atoms with Crippen molar-refractivity contribution in [1.82, 2.24) is 0 Å². The predicted molar refractivity (Wildman–Crippen MR) is 66.8 cm³/mol. The first-order chi connectivity index (χ1) is 6.93. The van der Waals surface area contributed by atoms with Crippen LogP contribution < -0.4 is 0 Å². The van der Waals surface area contributed by atoms with Gasteiger partial charge in [0.25, 0.3) is 0 Å². The molecule has 0 amide bonds. The molecule has 2 aromatic heterocycles. The molecule has 14 heavy (non-hydrogen) atoms. The molecule has 0 saturated heterocycles. The molecule has 0 bridgehead atoms. The molecular weight excluding hydrogens is 163 g/mol. The fourth-order valence-corrected chi connectivity index (χ4v) is 1.88. The minimum absolute atomic E-state index is 1.31. The van der Waals surface area contributed by atoms with Crippen LogP contribution in [0.15, 0.2) is 36.0 Å². The van der Waals surface area contributed by atoms with Crippen molar-refractivity contribution < 1.29 is 0 Å². The molecule has 0 nitrogen and oxygen atoms in total. The SMILES string of the molecule is b1ccbc2cc3bccbc3cc12. The molecule has 0 unspecified atom stereocenters. The van der Waals surface area contributed by atoms with Gasteiger partial charge in [-0.05, 0) is 0 Å². The second-order valence-electron chi connectivity index (χ2n) is 3.55. The van der Waals surface area contributed by atoms with Gasteiger partial charge in [0.2, 0.25) is 0 Å². The number of fused-ring (bicyclic) bond motifs is 2. The Morgan fingerprint density at radius 1 is 0.500 bits per heavy atom. The van der Waals surface area contributed by atoms with Crippen molar-refractivity contribution in [3.05, 3.63) is 36.0 Å². The van der Waals surface area contributed by atoms with Gasteiger partial charge in [0, 0.05) is 0 Å². The van der Waals surface area contributed by atoms with E-state index in [2.05, 4.69) is 63.6 Å². The maximum absolute atomic E-state index is 2.24. The van der Waals surface area contributed by atoms with E-state index >= 15 is 0 Å². The minimum atomic E-state index is 1.31. The summed E-state index contributed by atoms with van der Waals surface area (Å²) in [7, 11) is 0. The van der Waals surface area contributed by atoms with E-state index in [1.54, 1.807) is 0 Å². The standard InChI is InChI=1S/C10H6B4/c1-2-12-8-6-10-9(5-7(8)11-1)13-3-4-14-10/h1-6H. The number of rotatable bonds is 0. The number of hydrogen-bond donors (Lipinski definition) is 0. The van der Waals surface area contributed by atoms with E-state index in [1.807, 2.05) is 0 Å². The molecule has 1 aromatic carbocycles. The summed E-state index contributed by atoms with van der Waals surface area (Å²) in [6.45, 7) is 8.62. The van der Waals surface area contributed by atoms with Crippen LogP contribution in [0, 0.1) is 0 Å². The van der Waals surface area contributed by atoms with Crippen LogP contribution in [0.5, 0.6) is 0 Å². The van der Waals surface area contributed by atoms with Crippen molar-refractivity contribution in [3.8, 4) is 0 Å². The molecule has 0 saturated carbocycles. The normalized spacial score (nSPS) is 9.71. The Hall–Kier alpha value is -1.04. The van der Waals surface area contributed by atoms with Crippen molar-refractivity contribution in [2.45, 2.75) is 0 Å². The van der Waals surface area contributed by atoms with Crippen molar-refractivity contribution in [3.63, 3.8) is 0 Å². The van der Waals surface area contributed by atoms with Gasteiger partial charge in [0.1, 0.15) is 0 Å². The van der Waals surface area contributed by atoms with Crippen LogP contribution in [0.1, 0.15) is 0 Å². The number of benzene rings is 1. The Morgan fingerprint density at radius 2 is 0.786 bits per heavy atom. The van der Waals surface area contributed by atoms with E-state index in [-0.39, 0.29) is 0 Å². The average Bonchev–Trinajstić information content (AvgIpc) is 2.26. The molecule has 0 aliphatic carbocycles. The van der Waals surface area contributed by atoms with Crippen LogP contribution in [-0.4, -0.2) is 27.6 Å². The quantitative estimate of drug-likeness (QED) is 0.446. The molecule has 58 valence electrons. The van der Waals surface area contributed by atoms with Crippen LogP contribution in [0.4, 0.5) is 0 Å². The van der Waals surface area contributed by atoms with Gasteiger partial charge in [-0.2, -0.15) is 0 Å². The zero-order valence-electron chi connectivity index (χ0n) is 7.77. The molecule has 0 aliphatic rings. The van der Waals surface area contributed by atoms with Crippen molar-refractivity contribution in [2.75, 3.05) is 0 Å². The van der Waals surface area contributed by atoms with E-state index < -0.39 is 0 Å². The maximum atomic E-state index is 2.24. The second kappa shape index (κ2) is 3.27. The van der Waals surface area contributed by atoms with Gasteiger partial charge in [-0.3, -0.25) is 0 Å². The summed E-state index contributed by atoms with van der Waals surface area (Å²) < 4.78 is 0. The molecular formula is C10H6B4. The first kappa shape index (κ1) is 8.28. The van der Waals surface area contributed by atoms with E-state index in [0.29, 0.717) is 0 Å². The summed E-state index contributed by atoms with van der Waals surface area (Å²) >= 11 is 0. The average molecular weight is 169 g/mol. The fraction of sp³-hybridized carbons (Fsp3) is 0. The van der Waals surface area contributed by atoms with Gasteiger partial charge in [-0.25, -0.2) is 0 Å². The van der Waals surface area contributed by atoms with Crippen molar-refractivity contribution in [1.29, 1.82) is 0 Å². The molecule has 0 radical (unpaired) electrons. The van der Waals surface area contributed by atoms with Gasteiger partial charge in [0.15, 0.2) is 0 Å². The topological polar surface area (TPSA) is 0 Å². The van der Waals surface area contributed by atoms with E-state index in [4.69, 9.17) is 0 Å². The Labute approximate surface area is 85.2 Å². The van der Waals surface area contributed by atoms with Crippen LogP contribution in [0.2, 0.25) is 0 Å². The Kier molecular flexibility index (Phi) is 1.93. The van der Waals surface area contributed by atoms with E-state index in [9.17, 15) is 0 Å². The molecule has 4 heteroatoms. The molecule has 0 atom stereocenters. The molecule has 0 aliphatic heterocycles. The summed E-state index contributed by atoms with van der Waals surface area (Å²) in [6.07, 6.45) is 0. The van der Waals surface area contributed by atoms with E-state index in [1.165, 1.54) is 21.1 Å². The zero-order valence-corrected chi connectivity index (χ0v) is 7.77. The monoisotopic (exact) mass is 170 g/mol. The second-order valence-corrected chi connectivity index (χ2v) is 3.55. The summed E-state index contributed by atoms with van der Waals surface area (Å²) in [6, 6.07) is 4.48. The van der Waals surface area contributed by atoms with Gasteiger partial charge >= 0.3 is 84.7 Å². The Bertz CT molecular complexity index is 501. The summed E-state index contributed by atoms with van der Waals surface area (Å²) in [5.41, 5.74) is 0. The van der Waals surface area contributed by atoms with Crippen molar-refractivity contribution in [2.24, 2.45) is 0 Å². The van der Waals surface area contributed by atoms with Gasteiger partial charge in [-0.1, -0.05) is 0 Å². The third-order valence-electron chi connectivity index (χ3n) is 2.61. The summed E-state index contributed by atoms with van der Waals surface area (Å²) in [5, 5.41) is 5.25. The van der Waals surface area contributed by atoms with Crippen LogP contribution in [-0.2, 0) is 0 Å². The van der Waals surface area contributed by atoms with Crippen LogP contribution in [0.25, 0.3) is 21.1 Å². The molecule has 0 spiro atoms. The van der Waals surface area contributed by atoms with Crippen molar-refractivity contribution >= 4 is 48.8 Å². The fourth-order valence-electron chi connectivity index (χ4n) is 1.88. The molecule has 2 heterocycles. The van der Waals surface area contributed by atoms with E-state index in [0.717, 1.165) is 0 Å². The molecule has 0 N–H and O–H groups in total. The molecule has 3 rings (SSSR count). The third kappa shape index (κ3) is 1.30. The summed E-state index contributed by atoms with van der Waals surface area (Å²) in [4.78, 5) is 0. The first-order valence-corrected chi connectivity index (χ1v) is 4.81. The third-order valence-corrected chi connectivity index (χ3v) is 2.61. The van der Waals surface area contributed by atoms with Gasteiger partial charge < -0.3 is 0 Å². The van der Waals surface area contributed by atoms with Crippen LogP contribution >= 0.6 is 0 Å². The van der Waals surface area contributed by atoms with Crippen LogP contribution in [0.3, 0.4) is 0 Å². The Balaban J connectivity index is 2.52. The number of hydrogen-bond acceptors (Lipinski definition) is 0. The summed E-state index contributed by atoms with van der Waals surface area (Å²) in [5.74, 6) is 8.32. The predicted octanol–water partition coefficient (Wildman–Crippen LogP) is 1.35. The zero-order chi connectivity index (χ0) is 9.38.